The van der Waals surface area contributed by atoms with E-state index in [1.54, 1.807) is 7.11 Å². The van der Waals surface area contributed by atoms with Crippen molar-refractivity contribution in [1.29, 1.82) is 0 Å². The number of hydrogen-bond donors (Lipinski definition) is 0. The Morgan fingerprint density at radius 2 is 2.57 bits per heavy atom. The third-order valence-corrected chi connectivity index (χ3v) is 3.49. The van der Waals surface area contributed by atoms with E-state index in [-0.39, 0.29) is 5.91 Å². The molecular formula is C10H17NO2S. The summed E-state index contributed by atoms with van der Waals surface area (Å²) >= 11 is 1.90. The van der Waals surface area contributed by atoms with Crippen LogP contribution >= 0.6 is 11.8 Å². The first-order valence-corrected chi connectivity index (χ1v) is 5.94. The molecule has 3 nitrogen and oxygen atoms in total. The molecular weight excluding hydrogens is 198 g/mol. The summed E-state index contributed by atoms with van der Waals surface area (Å²) in [5.41, 5.74) is 0. The molecule has 4 heteroatoms. The van der Waals surface area contributed by atoms with E-state index in [4.69, 9.17) is 4.74 Å². The van der Waals surface area contributed by atoms with Crippen LogP contribution in [0.25, 0.3) is 0 Å². The number of nitrogens with zero attached hydrogens (tertiary/aromatic N) is 1. The average molecular weight is 215 g/mol. The standard InChI is InChI=1S/C10H17NO2S/c1-3-10(12)11(5-6-13-2)9-4-7-14-8-9/h3,9H,1,4-8H2,2H3. The second-order valence-electron chi connectivity index (χ2n) is 3.25. The van der Waals surface area contributed by atoms with E-state index in [9.17, 15) is 4.79 Å². The van der Waals surface area contributed by atoms with Gasteiger partial charge in [-0.1, -0.05) is 6.58 Å². The smallest absolute Gasteiger partial charge is 0.246 e. The summed E-state index contributed by atoms with van der Waals surface area (Å²) in [6.45, 7) is 4.79. The van der Waals surface area contributed by atoms with E-state index in [1.807, 2.05) is 16.7 Å². The quantitative estimate of drug-likeness (QED) is 0.644. The van der Waals surface area contributed by atoms with Crippen molar-refractivity contribution in [3.8, 4) is 0 Å². The summed E-state index contributed by atoms with van der Waals surface area (Å²) in [7, 11) is 1.65. The third kappa shape index (κ3) is 3.03. The minimum Gasteiger partial charge on any atom is -0.383 e. The Labute approximate surface area is 89.5 Å². The first-order valence-electron chi connectivity index (χ1n) is 4.79. The Balaban J connectivity index is 2.50. The zero-order chi connectivity index (χ0) is 10.4. The van der Waals surface area contributed by atoms with E-state index >= 15 is 0 Å². The number of ether oxygens (including phenoxy) is 1. The number of thioether (sulfide) groups is 1. The molecule has 1 fully saturated rings. The molecule has 80 valence electrons. The first kappa shape index (κ1) is 11.6. The Kier molecular flexibility index (Phi) is 5.04. The normalized spacial score (nSPS) is 20.8. The third-order valence-electron chi connectivity index (χ3n) is 2.34. The van der Waals surface area contributed by atoms with Crippen LogP contribution in [0.4, 0.5) is 0 Å². The van der Waals surface area contributed by atoms with Gasteiger partial charge in [-0.25, -0.2) is 0 Å². The van der Waals surface area contributed by atoms with Gasteiger partial charge in [0.1, 0.15) is 0 Å². The highest BCUT2D eigenvalue weighted by atomic mass is 32.2. The molecule has 14 heavy (non-hydrogen) atoms. The lowest BCUT2D eigenvalue weighted by Crippen LogP contribution is -2.41. The molecule has 0 aromatic rings. The summed E-state index contributed by atoms with van der Waals surface area (Å²) in [5, 5.41) is 0. The minimum atomic E-state index is 0.0227. The van der Waals surface area contributed by atoms with Gasteiger partial charge in [-0.3, -0.25) is 4.79 Å². The van der Waals surface area contributed by atoms with E-state index in [2.05, 4.69) is 6.58 Å². The van der Waals surface area contributed by atoms with Crippen molar-refractivity contribution < 1.29 is 9.53 Å². The van der Waals surface area contributed by atoms with Crippen LogP contribution in [0.3, 0.4) is 0 Å². The maximum atomic E-state index is 11.5. The molecule has 1 rings (SSSR count). The van der Waals surface area contributed by atoms with E-state index in [0.717, 1.165) is 17.9 Å². The van der Waals surface area contributed by atoms with Gasteiger partial charge in [-0.2, -0.15) is 11.8 Å². The molecule has 1 unspecified atom stereocenters. The molecule has 0 aromatic heterocycles. The SMILES string of the molecule is C=CC(=O)N(CCOC)C1CCSC1. The van der Waals surface area contributed by atoms with Gasteiger partial charge in [-0.05, 0) is 18.2 Å². The molecule has 0 aliphatic carbocycles. The molecule has 0 radical (unpaired) electrons. The van der Waals surface area contributed by atoms with Crippen LogP contribution in [0.2, 0.25) is 0 Å². The zero-order valence-electron chi connectivity index (χ0n) is 8.57. The molecule has 1 amide bonds. The van der Waals surface area contributed by atoms with Gasteiger partial charge in [-0.15, -0.1) is 0 Å². The monoisotopic (exact) mass is 215 g/mol. The number of amides is 1. The highest BCUT2D eigenvalue weighted by molar-refractivity contribution is 7.99. The van der Waals surface area contributed by atoms with E-state index in [0.29, 0.717) is 19.2 Å². The van der Waals surface area contributed by atoms with Crippen LogP contribution in [-0.2, 0) is 9.53 Å². The van der Waals surface area contributed by atoms with Crippen molar-refractivity contribution in [3.63, 3.8) is 0 Å². The van der Waals surface area contributed by atoms with E-state index in [1.165, 1.54) is 6.08 Å². The van der Waals surface area contributed by atoms with Crippen molar-refractivity contribution in [2.24, 2.45) is 0 Å². The van der Waals surface area contributed by atoms with Crippen LogP contribution in [0.5, 0.6) is 0 Å². The number of carbonyl (C=O) groups is 1. The Morgan fingerprint density at radius 3 is 3.07 bits per heavy atom. The molecule has 1 aliphatic heterocycles. The molecule has 1 saturated heterocycles. The molecule has 1 heterocycles. The Hall–Kier alpha value is -0.480. The van der Waals surface area contributed by atoms with Gasteiger partial charge in [0.2, 0.25) is 5.91 Å². The largest absolute Gasteiger partial charge is 0.383 e. The summed E-state index contributed by atoms with van der Waals surface area (Å²) in [4.78, 5) is 13.4. The van der Waals surface area contributed by atoms with Gasteiger partial charge >= 0.3 is 0 Å². The van der Waals surface area contributed by atoms with Crippen LogP contribution in [-0.4, -0.2) is 48.6 Å². The Bertz CT molecular complexity index is 202. The summed E-state index contributed by atoms with van der Waals surface area (Å²) < 4.78 is 4.99. The van der Waals surface area contributed by atoms with Gasteiger partial charge in [0.05, 0.1) is 6.61 Å². The number of methoxy groups -OCH3 is 1. The van der Waals surface area contributed by atoms with Crippen molar-refractivity contribution in [1.82, 2.24) is 4.90 Å². The predicted octanol–water partition coefficient (Wildman–Crippen LogP) is 1.15. The summed E-state index contributed by atoms with van der Waals surface area (Å²) in [5.74, 6) is 2.22. The van der Waals surface area contributed by atoms with E-state index < -0.39 is 0 Å². The van der Waals surface area contributed by atoms with Gasteiger partial charge in [0.15, 0.2) is 0 Å². The summed E-state index contributed by atoms with van der Waals surface area (Å²) in [6.07, 6.45) is 2.48. The van der Waals surface area contributed by atoms with Crippen LogP contribution < -0.4 is 0 Å². The van der Waals surface area contributed by atoms with Crippen molar-refractivity contribution in [3.05, 3.63) is 12.7 Å². The molecule has 0 bridgehead atoms. The first-order chi connectivity index (χ1) is 6.79. The number of carbonyl (C=O) groups excluding carboxylic acids is 1. The Morgan fingerprint density at radius 1 is 1.79 bits per heavy atom. The van der Waals surface area contributed by atoms with Crippen molar-refractivity contribution >= 4 is 17.7 Å². The minimum absolute atomic E-state index is 0.0227. The lowest BCUT2D eigenvalue weighted by molar-refractivity contribution is -0.128. The fraction of sp³-hybridized carbons (Fsp3) is 0.700. The second-order valence-corrected chi connectivity index (χ2v) is 4.40. The highest BCUT2D eigenvalue weighted by Crippen LogP contribution is 2.22. The highest BCUT2D eigenvalue weighted by Gasteiger charge is 2.24. The van der Waals surface area contributed by atoms with Crippen LogP contribution in [0.15, 0.2) is 12.7 Å². The molecule has 0 spiro atoms. The fourth-order valence-corrected chi connectivity index (χ4v) is 2.77. The lowest BCUT2D eigenvalue weighted by Gasteiger charge is -2.27. The van der Waals surface area contributed by atoms with Crippen LogP contribution in [0.1, 0.15) is 6.42 Å². The fourth-order valence-electron chi connectivity index (χ4n) is 1.55. The maximum absolute atomic E-state index is 11.5. The lowest BCUT2D eigenvalue weighted by atomic mass is 10.2. The van der Waals surface area contributed by atoms with Crippen molar-refractivity contribution in [2.45, 2.75) is 12.5 Å². The van der Waals surface area contributed by atoms with Gasteiger partial charge < -0.3 is 9.64 Å². The molecule has 1 aliphatic rings. The predicted molar refractivity (Wildman–Crippen MR) is 59.5 cm³/mol. The summed E-state index contributed by atoms with van der Waals surface area (Å²) in [6, 6.07) is 0.376. The number of rotatable bonds is 5. The zero-order valence-corrected chi connectivity index (χ0v) is 9.39. The van der Waals surface area contributed by atoms with Crippen molar-refractivity contribution in [2.75, 3.05) is 31.8 Å². The molecule has 0 aromatic carbocycles. The number of hydrogen-bond acceptors (Lipinski definition) is 3. The van der Waals surface area contributed by atoms with Gasteiger partial charge in [0.25, 0.3) is 0 Å². The second kappa shape index (κ2) is 6.09. The molecule has 0 N–H and O–H groups in total. The molecule has 1 atom stereocenters. The molecule has 0 saturated carbocycles. The van der Waals surface area contributed by atoms with Crippen LogP contribution in [0, 0.1) is 0 Å². The van der Waals surface area contributed by atoms with Gasteiger partial charge in [0, 0.05) is 25.4 Å². The maximum Gasteiger partial charge on any atom is 0.246 e. The topological polar surface area (TPSA) is 29.5 Å². The average Bonchev–Trinajstić information content (AvgIpc) is 2.71.